The molecule has 0 bridgehead atoms. The van der Waals surface area contributed by atoms with Crippen molar-refractivity contribution in [2.45, 2.75) is 6.92 Å². The zero-order valence-electron chi connectivity index (χ0n) is 23.0. The summed E-state index contributed by atoms with van der Waals surface area (Å²) in [6.45, 7) is 18.0. The van der Waals surface area contributed by atoms with Gasteiger partial charge in [-0.2, -0.15) is 0 Å². The predicted octanol–water partition coefficient (Wildman–Crippen LogP) is 1.42. The van der Waals surface area contributed by atoms with Crippen LogP contribution in [0.4, 0.5) is 0 Å². The fourth-order valence-electron chi connectivity index (χ4n) is 2.37. The molecule has 12 nitrogen and oxygen atoms in total. The van der Waals surface area contributed by atoms with Crippen molar-refractivity contribution in [3.63, 3.8) is 0 Å². The molecule has 0 aliphatic carbocycles. The molecule has 12 heteroatoms. The highest BCUT2D eigenvalue weighted by atomic mass is 16.6. The van der Waals surface area contributed by atoms with E-state index in [1.54, 1.807) is 6.92 Å². The van der Waals surface area contributed by atoms with Crippen LogP contribution in [0.15, 0.2) is 25.0 Å². The molecule has 0 unspecified atom stereocenters. The molecule has 0 rings (SSSR count). The Kier molecular flexibility index (Phi) is 30.3. The summed E-state index contributed by atoms with van der Waals surface area (Å²) in [6.07, 6.45) is 1.39. The van der Waals surface area contributed by atoms with Gasteiger partial charge in [0.25, 0.3) is 0 Å². The first kappa shape index (κ1) is 36.4. The van der Waals surface area contributed by atoms with Crippen LogP contribution in [0.5, 0.6) is 0 Å². The zero-order valence-corrected chi connectivity index (χ0v) is 23.0. The molecule has 0 saturated heterocycles. The maximum absolute atomic E-state index is 11.2. The smallest absolute Gasteiger partial charge is 0.333 e. The van der Waals surface area contributed by atoms with Crippen LogP contribution < -0.4 is 0 Å². The van der Waals surface area contributed by atoms with E-state index in [0.717, 1.165) is 0 Å². The summed E-state index contributed by atoms with van der Waals surface area (Å²) < 4.78 is 58.3. The topological polar surface area (TPSA) is 119 Å². The van der Waals surface area contributed by atoms with E-state index in [1.165, 1.54) is 6.26 Å². The lowest BCUT2D eigenvalue weighted by Crippen LogP contribution is -2.15. The van der Waals surface area contributed by atoms with Crippen LogP contribution in [-0.2, 0) is 56.9 Å². The van der Waals surface area contributed by atoms with Gasteiger partial charge in [-0.1, -0.05) is 13.2 Å². The normalized spacial score (nSPS) is 11.0. The first-order valence-electron chi connectivity index (χ1n) is 12.9. The van der Waals surface area contributed by atoms with Gasteiger partial charge in [-0.25, -0.2) is 4.79 Å². The minimum absolute atomic E-state index is 0.201. The lowest BCUT2D eigenvalue weighted by Gasteiger charge is -2.09. The number of ether oxygens (including phenoxy) is 11. The van der Waals surface area contributed by atoms with Crippen LogP contribution in [0.1, 0.15) is 6.92 Å². The minimum Gasteiger partial charge on any atom is -0.499 e. The summed E-state index contributed by atoms with van der Waals surface area (Å²) in [5, 5.41) is 0. The number of carbonyl (C=O) groups excluding carboxylic acids is 1. The van der Waals surface area contributed by atoms with E-state index in [0.29, 0.717) is 131 Å². The van der Waals surface area contributed by atoms with E-state index in [-0.39, 0.29) is 6.61 Å². The third-order valence-electron chi connectivity index (χ3n) is 4.25. The Morgan fingerprint density at radius 1 is 0.474 bits per heavy atom. The molecule has 0 heterocycles. The highest BCUT2D eigenvalue weighted by Crippen LogP contribution is 1.92. The summed E-state index contributed by atoms with van der Waals surface area (Å²) in [5.41, 5.74) is 0.371. The Labute approximate surface area is 227 Å². The second-order valence-corrected chi connectivity index (χ2v) is 7.47. The van der Waals surface area contributed by atoms with Gasteiger partial charge in [-0.15, -0.1) is 0 Å². The molecule has 0 atom stereocenters. The van der Waals surface area contributed by atoms with Crippen molar-refractivity contribution in [1.82, 2.24) is 0 Å². The molecule has 0 aromatic carbocycles. The van der Waals surface area contributed by atoms with Crippen molar-refractivity contribution in [3.05, 3.63) is 25.0 Å². The standard InChI is InChI=1S/C26H48O12/c1-4-28-5-6-29-7-8-30-9-10-31-11-12-32-13-14-33-15-16-34-17-18-35-19-20-36-21-22-37-23-24-38-26(27)25(2)3/h4H,1-2,5-24H2,3H3. The number of esters is 1. The Morgan fingerprint density at radius 2 is 0.711 bits per heavy atom. The van der Waals surface area contributed by atoms with E-state index >= 15 is 0 Å². The third kappa shape index (κ3) is 30.6. The summed E-state index contributed by atoms with van der Waals surface area (Å²) in [6, 6.07) is 0. The molecule has 0 N–H and O–H groups in total. The van der Waals surface area contributed by atoms with Gasteiger partial charge in [0.05, 0.1) is 125 Å². The fraction of sp³-hybridized carbons (Fsp3) is 0.808. The Balaban J connectivity index is 3.06. The van der Waals surface area contributed by atoms with E-state index in [2.05, 4.69) is 13.2 Å². The van der Waals surface area contributed by atoms with Gasteiger partial charge in [0.1, 0.15) is 13.2 Å². The second kappa shape index (κ2) is 31.6. The number of hydrogen-bond acceptors (Lipinski definition) is 12. The summed E-state index contributed by atoms with van der Waals surface area (Å²) >= 11 is 0. The van der Waals surface area contributed by atoms with Gasteiger partial charge in [0, 0.05) is 5.57 Å². The van der Waals surface area contributed by atoms with Crippen LogP contribution >= 0.6 is 0 Å². The van der Waals surface area contributed by atoms with Gasteiger partial charge in [0.2, 0.25) is 0 Å². The monoisotopic (exact) mass is 552 g/mol. The third-order valence-corrected chi connectivity index (χ3v) is 4.25. The van der Waals surface area contributed by atoms with Crippen LogP contribution in [0.2, 0.25) is 0 Å². The molecule has 0 aromatic rings. The van der Waals surface area contributed by atoms with Gasteiger partial charge < -0.3 is 52.1 Å². The quantitative estimate of drug-likeness (QED) is 0.0520. The maximum atomic E-state index is 11.2. The Hall–Kier alpha value is -1.61. The average molecular weight is 553 g/mol. The SMILES string of the molecule is C=COCCOCCOCCOCCOCCOCCOCCOCCOCCOCCOC(=O)C(=C)C. The number of carbonyl (C=O) groups is 1. The number of rotatable bonds is 32. The highest BCUT2D eigenvalue weighted by molar-refractivity contribution is 5.86. The van der Waals surface area contributed by atoms with Crippen molar-refractivity contribution in [2.24, 2.45) is 0 Å². The molecule has 0 radical (unpaired) electrons. The molecule has 0 aliphatic heterocycles. The van der Waals surface area contributed by atoms with Crippen LogP contribution in [-0.4, -0.2) is 138 Å². The lowest BCUT2D eigenvalue weighted by molar-refractivity contribution is -0.140. The van der Waals surface area contributed by atoms with Gasteiger partial charge in [-0.05, 0) is 6.92 Å². The van der Waals surface area contributed by atoms with Crippen molar-refractivity contribution in [2.75, 3.05) is 132 Å². The number of hydrogen-bond donors (Lipinski definition) is 0. The zero-order chi connectivity index (χ0) is 27.8. The van der Waals surface area contributed by atoms with Crippen molar-refractivity contribution < 1.29 is 56.9 Å². The molecule has 0 spiro atoms. The van der Waals surface area contributed by atoms with Gasteiger partial charge >= 0.3 is 5.97 Å². The predicted molar refractivity (Wildman–Crippen MR) is 139 cm³/mol. The Morgan fingerprint density at radius 3 is 0.947 bits per heavy atom. The van der Waals surface area contributed by atoms with Crippen molar-refractivity contribution in [3.8, 4) is 0 Å². The largest absolute Gasteiger partial charge is 0.499 e. The van der Waals surface area contributed by atoms with Crippen molar-refractivity contribution >= 4 is 5.97 Å². The van der Waals surface area contributed by atoms with E-state index < -0.39 is 5.97 Å². The van der Waals surface area contributed by atoms with Gasteiger partial charge in [0.15, 0.2) is 0 Å². The highest BCUT2D eigenvalue weighted by Gasteiger charge is 2.01. The maximum Gasteiger partial charge on any atom is 0.333 e. The summed E-state index contributed by atoms with van der Waals surface area (Å²) in [5.74, 6) is -0.412. The Bertz CT molecular complexity index is 532. The van der Waals surface area contributed by atoms with E-state index in [4.69, 9.17) is 52.1 Å². The molecule has 38 heavy (non-hydrogen) atoms. The first-order valence-corrected chi connectivity index (χ1v) is 12.9. The van der Waals surface area contributed by atoms with Crippen LogP contribution in [0.25, 0.3) is 0 Å². The van der Waals surface area contributed by atoms with Gasteiger partial charge in [-0.3, -0.25) is 0 Å². The summed E-state index contributed by atoms with van der Waals surface area (Å²) in [7, 11) is 0. The molecule has 0 amide bonds. The van der Waals surface area contributed by atoms with E-state index in [9.17, 15) is 4.79 Å². The van der Waals surface area contributed by atoms with E-state index in [1.807, 2.05) is 0 Å². The van der Waals surface area contributed by atoms with Crippen LogP contribution in [0.3, 0.4) is 0 Å². The molecule has 0 fully saturated rings. The lowest BCUT2D eigenvalue weighted by atomic mass is 10.4. The van der Waals surface area contributed by atoms with Crippen molar-refractivity contribution in [1.29, 1.82) is 0 Å². The molecule has 0 aromatic heterocycles. The fourth-order valence-corrected chi connectivity index (χ4v) is 2.37. The summed E-state index contributed by atoms with van der Waals surface area (Å²) in [4.78, 5) is 11.2. The molecule has 224 valence electrons. The molecule has 0 aliphatic rings. The molecule has 0 saturated carbocycles. The molecular weight excluding hydrogens is 504 g/mol. The van der Waals surface area contributed by atoms with Crippen LogP contribution in [0, 0.1) is 0 Å². The average Bonchev–Trinajstić information content (AvgIpc) is 2.91. The second-order valence-electron chi connectivity index (χ2n) is 7.47. The first-order chi connectivity index (χ1) is 18.7. The molecular formula is C26H48O12. The minimum atomic E-state index is -0.412.